The highest BCUT2D eigenvalue weighted by Gasteiger charge is 2.32. The van der Waals surface area contributed by atoms with Crippen LogP contribution in [0.4, 0.5) is 18.9 Å². The summed E-state index contributed by atoms with van der Waals surface area (Å²) in [5.41, 5.74) is -0.200. The van der Waals surface area contributed by atoms with Gasteiger partial charge < -0.3 is 4.74 Å². The molecule has 0 radical (unpaired) electrons. The first-order chi connectivity index (χ1) is 14.0. The van der Waals surface area contributed by atoms with Crippen molar-refractivity contribution in [1.29, 1.82) is 0 Å². The zero-order valence-corrected chi connectivity index (χ0v) is 17.5. The average Bonchev–Trinajstić information content (AvgIpc) is 2.64. The number of benzene rings is 2. The molecule has 0 spiro atoms. The molecule has 0 aliphatic rings. The summed E-state index contributed by atoms with van der Waals surface area (Å²) in [5.74, 6) is -0.537. The zero-order valence-electron chi connectivity index (χ0n) is 15.2. The Morgan fingerprint density at radius 1 is 1.00 bits per heavy atom. The normalized spacial score (nSPS) is 11.9. The molecule has 5 nitrogen and oxygen atoms in total. The summed E-state index contributed by atoms with van der Waals surface area (Å²) < 4.78 is 71.0. The minimum Gasteiger partial charge on any atom is -0.436 e. The highest BCUT2D eigenvalue weighted by atomic mass is 35.5. The fourth-order valence-corrected chi connectivity index (χ4v) is 3.99. The van der Waals surface area contributed by atoms with Gasteiger partial charge in [-0.1, -0.05) is 47.0 Å². The number of hydrogen-bond donors (Lipinski definition) is 1. The average molecular weight is 477 g/mol. The molecule has 2 aromatic carbocycles. The van der Waals surface area contributed by atoms with Crippen molar-refractivity contribution in [1.82, 2.24) is 4.98 Å². The number of ether oxygens (including phenoxy) is 1. The molecule has 0 fully saturated rings. The van der Waals surface area contributed by atoms with E-state index in [-0.39, 0.29) is 32.3 Å². The number of alkyl halides is 3. The molecular formula is C19H13Cl2F3N2O3S. The van der Waals surface area contributed by atoms with Crippen LogP contribution in [0, 0.1) is 6.92 Å². The molecule has 0 saturated heterocycles. The number of rotatable bonds is 5. The molecule has 30 heavy (non-hydrogen) atoms. The second kappa shape index (κ2) is 8.33. The Morgan fingerprint density at radius 3 is 2.17 bits per heavy atom. The number of anilines is 1. The van der Waals surface area contributed by atoms with E-state index in [0.29, 0.717) is 0 Å². The predicted octanol–water partition coefficient (Wildman–Crippen LogP) is 6.31. The van der Waals surface area contributed by atoms with Gasteiger partial charge >= 0.3 is 6.18 Å². The number of halogens is 5. The van der Waals surface area contributed by atoms with Crippen molar-refractivity contribution in [2.75, 3.05) is 4.72 Å². The molecule has 1 heterocycles. The summed E-state index contributed by atoms with van der Waals surface area (Å²) in [7, 11) is -3.90. The highest BCUT2D eigenvalue weighted by molar-refractivity contribution is 7.92. The van der Waals surface area contributed by atoms with Crippen LogP contribution in [-0.4, -0.2) is 13.4 Å². The molecule has 3 rings (SSSR count). The lowest BCUT2D eigenvalue weighted by Gasteiger charge is -2.13. The van der Waals surface area contributed by atoms with Crippen molar-refractivity contribution in [2.24, 2.45) is 0 Å². The number of aryl methyl sites for hydroxylation is 1. The molecule has 158 valence electrons. The van der Waals surface area contributed by atoms with Gasteiger partial charge in [-0.05, 0) is 37.3 Å². The smallest absolute Gasteiger partial charge is 0.433 e. The van der Waals surface area contributed by atoms with Crippen LogP contribution in [0.25, 0.3) is 0 Å². The van der Waals surface area contributed by atoms with Crippen molar-refractivity contribution in [3.05, 3.63) is 75.9 Å². The third kappa shape index (κ3) is 5.16. The van der Waals surface area contributed by atoms with Gasteiger partial charge in [-0.25, -0.2) is 13.4 Å². The number of nitrogens with one attached hydrogen (secondary N) is 1. The summed E-state index contributed by atoms with van der Waals surface area (Å²) in [6.07, 6.45) is -4.65. The standard InChI is InChI=1S/C19H13Cl2F3N2O3S/c1-11-5-7-13(8-6-11)30(27,28)26-12-9-14(20)18(15(21)10-12)29-17-4-2-3-16(25-17)19(22,23)24/h2-10,26H,1H3. The number of hydrogen-bond acceptors (Lipinski definition) is 4. The SMILES string of the molecule is Cc1ccc(S(=O)(=O)Nc2cc(Cl)c(Oc3cccc(C(F)(F)F)n3)c(Cl)c2)cc1. The quantitative estimate of drug-likeness (QED) is 0.468. The molecular weight excluding hydrogens is 464 g/mol. The monoisotopic (exact) mass is 476 g/mol. The molecule has 0 atom stereocenters. The first kappa shape index (κ1) is 22.2. The Bertz CT molecular complexity index is 1160. The van der Waals surface area contributed by atoms with Gasteiger partial charge in [-0.3, -0.25) is 4.72 Å². The van der Waals surface area contributed by atoms with Gasteiger partial charge in [0.1, 0.15) is 5.69 Å². The molecule has 0 unspecified atom stereocenters. The first-order valence-corrected chi connectivity index (χ1v) is 10.5. The van der Waals surface area contributed by atoms with E-state index in [2.05, 4.69) is 9.71 Å². The maximum atomic E-state index is 12.8. The zero-order chi connectivity index (χ0) is 22.1. The van der Waals surface area contributed by atoms with Crippen LogP contribution in [0.1, 0.15) is 11.3 Å². The summed E-state index contributed by atoms with van der Waals surface area (Å²) in [6.45, 7) is 1.82. The van der Waals surface area contributed by atoms with E-state index in [9.17, 15) is 21.6 Å². The Balaban J connectivity index is 1.86. The number of aromatic nitrogens is 1. The van der Waals surface area contributed by atoms with Crippen LogP contribution in [0.2, 0.25) is 10.0 Å². The van der Waals surface area contributed by atoms with E-state index in [1.807, 2.05) is 6.92 Å². The Hall–Kier alpha value is -2.49. The fraction of sp³-hybridized carbons (Fsp3) is 0.105. The number of nitrogens with zero attached hydrogens (tertiary/aromatic N) is 1. The predicted molar refractivity (Wildman–Crippen MR) is 108 cm³/mol. The van der Waals surface area contributed by atoms with Gasteiger partial charge in [0.05, 0.1) is 20.6 Å². The van der Waals surface area contributed by atoms with E-state index in [0.717, 1.165) is 17.7 Å². The van der Waals surface area contributed by atoms with Crippen LogP contribution in [-0.2, 0) is 16.2 Å². The van der Waals surface area contributed by atoms with Gasteiger partial charge in [0.15, 0.2) is 5.75 Å². The van der Waals surface area contributed by atoms with Crippen LogP contribution >= 0.6 is 23.2 Å². The van der Waals surface area contributed by atoms with Crippen molar-refractivity contribution >= 4 is 38.9 Å². The van der Waals surface area contributed by atoms with Crippen molar-refractivity contribution in [3.8, 4) is 11.6 Å². The number of sulfonamides is 1. The van der Waals surface area contributed by atoms with Crippen molar-refractivity contribution in [3.63, 3.8) is 0 Å². The maximum Gasteiger partial charge on any atom is 0.433 e. The van der Waals surface area contributed by atoms with Gasteiger partial charge in [0.2, 0.25) is 5.88 Å². The van der Waals surface area contributed by atoms with Crippen LogP contribution in [0.15, 0.2) is 59.5 Å². The Kier molecular flexibility index (Phi) is 6.16. The molecule has 1 N–H and O–H groups in total. The van der Waals surface area contributed by atoms with Gasteiger partial charge in [-0.15, -0.1) is 0 Å². The van der Waals surface area contributed by atoms with Gasteiger partial charge in [-0.2, -0.15) is 13.2 Å². The van der Waals surface area contributed by atoms with Gasteiger partial charge in [0, 0.05) is 6.07 Å². The molecule has 0 saturated carbocycles. The van der Waals surface area contributed by atoms with Crippen molar-refractivity contribution in [2.45, 2.75) is 18.0 Å². The third-order valence-corrected chi connectivity index (χ3v) is 5.76. The van der Waals surface area contributed by atoms with E-state index >= 15 is 0 Å². The Morgan fingerprint density at radius 2 is 1.60 bits per heavy atom. The summed E-state index contributed by atoms with van der Waals surface area (Å²) in [5, 5.41) is -0.244. The molecule has 0 amide bonds. The number of pyridine rings is 1. The summed E-state index contributed by atoms with van der Waals surface area (Å²) in [4.78, 5) is 3.41. The molecule has 0 aliphatic carbocycles. The molecule has 1 aromatic heterocycles. The lowest BCUT2D eigenvalue weighted by molar-refractivity contribution is -0.141. The maximum absolute atomic E-state index is 12.8. The van der Waals surface area contributed by atoms with Crippen LogP contribution in [0.3, 0.4) is 0 Å². The highest BCUT2D eigenvalue weighted by Crippen LogP contribution is 2.39. The van der Waals surface area contributed by atoms with E-state index in [1.54, 1.807) is 12.1 Å². The second-order valence-electron chi connectivity index (χ2n) is 6.15. The topological polar surface area (TPSA) is 68.3 Å². The van der Waals surface area contributed by atoms with E-state index in [1.165, 1.54) is 30.3 Å². The molecule has 0 aliphatic heterocycles. The second-order valence-corrected chi connectivity index (χ2v) is 8.65. The van der Waals surface area contributed by atoms with E-state index < -0.39 is 21.9 Å². The lowest BCUT2D eigenvalue weighted by atomic mass is 10.2. The van der Waals surface area contributed by atoms with Gasteiger partial charge in [0.25, 0.3) is 10.0 Å². The minimum absolute atomic E-state index is 0.0360. The largest absolute Gasteiger partial charge is 0.436 e. The van der Waals surface area contributed by atoms with Crippen molar-refractivity contribution < 1.29 is 26.3 Å². The minimum atomic E-state index is -4.65. The fourth-order valence-electron chi connectivity index (χ4n) is 2.38. The molecule has 0 bridgehead atoms. The van der Waals surface area contributed by atoms with Crippen LogP contribution in [0.5, 0.6) is 11.6 Å². The third-order valence-electron chi connectivity index (χ3n) is 3.80. The summed E-state index contributed by atoms with van der Waals surface area (Å²) in [6, 6.07) is 11.7. The Labute approximate surface area is 180 Å². The lowest BCUT2D eigenvalue weighted by Crippen LogP contribution is -2.13. The molecule has 3 aromatic rings. The van der Waals surface area contributed by atoms with Crippen LogP contribution < -0.4 is 9.46 Å². The molecule has 11 heteroatoms. The first-order valence-electron chi connectivity index (χ1n) is 8.26. The van der Waals surface area contributed by atoms with E-state index in [4.69, 9.17) is 27.9 Å². The summed E-state index contributed by atoms with van der Waals surface area (Å²) >= 11 is 12.2.